The third kappa shape index (κ3) is 3.66. The van der Waals surface area contributed by atoms with Crippen LogP contribution in [0.5, 0.6) is 0 Å². The molecule has 5 nitrogen and oxygen atoms in total. The number of thiazole rings is 1. The standard InChI is InChI=1S/C18H21F2N3O2S/c19-13-1-2-14-15(9-13)26-17(22-14)23-6-4-18(20,5-7-23)11-21-16(24)12-3-8-25-10-12/h1-2,9,12H,3-8,10-11H2,(H,21,24). The predicted molar refractivity (Wildman–Crippen MR) is 96.8 cm³/mol. The smallest absolute Gasteiger partial charge is 0.225 e. The fourth-order valence-corrected chi connectivity index (χ4v) is 4.47. The number of ether oxygens (including phenoxy) is 1. The number of benzene rings is 1. The van der Waals surface area contributed by atoms with E-state index in [1.165, 1.54) is 23.5 Å². The molecule has 2 aliphatic heterocycles. The number of halogens is 2. The zero-order chi connectivity index (χ0) is 18.1. The predicted octanol–water partition coefficient (Wildman–Crippen LogP) is 2.90. The highest BCUT2D eigenvalue weighted by Gasteiger charge is 2.36. The Labute approximate surface area is 154 Å². The van der Waals surface area contributed by atoms with Crippen LogP contribution in [-0.2, 0) is 9.53 Å². The van der Waals surface area contributed by atoms with Gasteiger partial charge in [-0.25, -0.2) is 13.8 Å². The summed E-state index contributed by atoms with van der Waals surface area (Å²) in [6.07, 6.45) is 1.37. The number of anilines is 1. The van der Waals surface area contributed by atoms with Crippen LogP contribution in [-0.4, -0.2) is 49.4 Å². The second-order valence-corrected chi connectivity index (χ2v) is 8.03. The summed E-state index contributed by atoms with van der Waals surface area (Å²) in [5.41, 5.74) is -0.636. The van der Waals surface area contributed by atoms with Crippen LogP contribution in [0.2, 0.25) is 0 Å². The zero-order valence-corrected chi connectivity index (χ0v) is 15.2. The topological polar surface area (TPSA) is 54.5 Å². The lowest BCUT2D eigenvalue weighted by atomic mass is 9.93. The zero-order valence-electron chi connectivity index (χ0n) is 14.3. The Bertz CT molecular complexity index is 799. The average Bonchev–Trinajstić information content (AvgIpc) is 3.29. The summed E-state index contributed by atoms with van der Waals surface area (Å²) in [5.74, 6) is -0.547. The van der Waals surface area contributed by atoms with E-state index < -0.39 is 5.67 Å². The molecule has 2 fully saturated rings. The first kappa shape index (κ1) is 17.6. The normalized spacial score (nSPS) is 22.7. The second kappa shape index (κ2) is 7.08. The molecule has 4 rings (SSSR count). The molecule has 1 aromatic carbocycles. The van der Waals surface area contributed by atoms with Crippen LogP contribution >= 0.6 is 11.3 Å². The number of piperidine rings is 1. The molecule has 26 heavy (non-hydrogen) atoms. The van der Waals surface area contributed by atoms with Crippen LogP contribution in [0.1, 0.15) is 19.3 Å². The molecule has 0 saturated carbocycles. The monoisotopic (exact) mass is 381 g/mol. The van der Waals surface area contributed by atoms with E-state index >= 15 is 4.39 Å². The first-order chi connectivity index (χ1) is 12.5. The summed E-state index contributed by atoms with van der Waals surface area (Å²) in [4.78, 5) is 18.6. The molecule has 1 atom stereocenters. The lowest BCUT2D eigenvalue weighted by Crippen LogP contribution is -2.49. The number of aromatic nitrogens is 1. The van der Waals surface area contributed by atoms with Crippen LogP contribution in [0.4, 0.5) is 13.9 Å². The van der Waals surface area contributed by atoms with Gasteiger partial charge in [-0.3, -0.25) is 4.79 Å². The van der Waals surface area contributed by atoms with Crippen molar-refractivity contribution in [2.45, 2.75) is 24.9 Å². The molecule has 1 amide bonds. The summed E-state index contributed by atoms with van der Waals surface area (Å²) < 4.78 is 34.3. The van der Waals surface area contributed by atoms with Gasteiger partial charge in [-0.1, -0.05) is 11.3 Å². The van der Waals surface area contributed by atoms with Gasteiger partial charge in [-0.05, 0) is 24.6 Å². The summed E-state index contributed by atoms with van der Waals surface area (Å²) in [7, 11) is 0. The Morgan fingerprint density at radius 3 is 2.96 bits per heavy atom. The van der Waals surface area contributed by atoms with Crippen LogP contribution < -0.4 is 10.2 Å². The maximum absolute atomic E-state index is 15.0. The highest BCUT2D eigenvalue weighted by Crippen LogP contribution is 2.34. The molecule has 1 unspecified atom stereocenters. The van der Waals surface area contributed by atoms with Crippen molar-refractivity contribution in [3.63, 3.8) is 0 Å². The van der Waals surface area contributed by atoms with Crippen LogP contribution in [0, 0.1) is 11.7 Å². The molecule has 1 aromatic heterocycles. The SMILES string of the molecule is O=C(NCC1(F)CCN(c2nc3ccc(F)cc3s2)CC1)C1CCOC1. The van der Waals surface area contributed by atoms with Gasteiger partial charge < -0.3 is 15.0 Å². The highest BCUT2D eigenvalue weighted by atomic mass is 32.1. The highest BCUT2D eigenvalue weighted by molar-refractivity contribution is 7.22. The molecule has 0 bridgehead atoms. The van der Waals surface area contributed by atoms with Crippen molar-refractivity contribution in [1.29, 1.82) is 0 Å². The minimum absolute atomic E-state index is 0.0429. The molecule has 0 aliphatic carbocycles. The van der Waals surface area contributed by atoms with Gasteiger partial charge in [0.15, 0.2) is 5.13 Å². The number of rotatable bonds is 4. The molecule has 140 valence electrons. The van der Waals surface area contributed by atoms with Crippen molar-refractivity contribution in [1.82, 2.24) is 10.3 Å². The number of nitrogens with zero attached hydrogens (tertiary/aromatic N) is 2. The number of carbonyl (C=O) groups is 1. The third-order valence-electron chi connectivity index (χ3n) is 5.15. The lowest BCUT2D eigenvalue weighted by molar-refractivity contribution is -0.125. The average molecular weight is 381 g/mol. The van der Waals surface area contributed by atoms with Crippen molar-refractivity contribution in [2.75, 3.05) is 37.7 Å². The number of carbonyl (C=O) groups excluding carboxylic acids is 1. The summed E-state index contributed by atoms with van der Waals surface area (Å²) >= 11 is 1.42. The van der Waals surface area contributed by atoms with Crippen LogP contribution in [0.25, 0.3) is 10.2 Å². The second-order valence-electron chi connectivity index (χ2n) is 7.02. The van der Waals surface area contributed by atoms with Gasteiger partial charge in [0.1, 0.15) is 11.5 Å². The Hall–Kier alpha value is -1.80. The quantitative estimate of drug-likeness (QED) is 0.885. The first-order valence-electron chi connectivity index (χ1n) is 8.88. The van der Waals surface area contributed by atoms with Gasteiger partial charge in [-0.15, -0.1) is 0 Å². The van der Waals surface area contributed by atoms with Gasteiger partial charge in [-0.2, -0.15) is 0 Å². The maximum Gasteiger partial charge on any atom is 0.225 e. The van der Waals surface area contributed by atoms with E-state index in [0.717, 1.165) is 15.3 Å². The van der Waals surface area contributed by atoms with E-state index in [4.69, 9.17) is 4.74 Å². The minimum atomic E-state index is -1.39. The number of nitrogens with one attached hydrogen (secondary N) is 1. The Morgan fingerprint density at radius 1 is 1.42 bits per heavy atom. The third-order valence-corrected chi connectivity index (χ3v) is 6.23. The molecule has 0 spiro atoms. The molecule has 2 saturated heterocycles. The molecular formula is C18H21F2N3O2S. The number of alkyl halides is 1. The van der Waals surface area contributed by atoms with Gasteiger partial charge >= 0.3 is 0 Å². The largest absolute Gasteiger partial charge is 0.381 e. The van der Waals surface area contributed by atoms with Gasteiger partial charge in [0, 0.05) is 32.5 Å². The molecule has 2 aromatic rings. The van der Waals surface area contributed by atoms with E-state index in [1.807, 2.05) is 4.90 Å². The van der Waals surface area contributed by atoms with Gasteiger partial charge in [0.2, 0.25) is 5.91 Å². The fourth-order valence-electron chi connectivity index (χ4n) is 3.43. The first-order valence-corrected chi connectivity index (χ1v) is 9.69. The lowest BCUT2D eigenvalue weighted by Gasteiger charge is -2.36. The van der Waals surface area contributed by atoms with Crippen molar-refractivity contribution in [3.8, 4) is 0 Å². The van der Waals surface area contributed by atoms with E-state index in [9.17, 15) is 9.18 Å². The van der Waals surface area contributed by atoms with E-state index in [1.54, 1.807) is 6.07 Å². The molecular weight excluding hydrogens is 360 g/mol. The molecule has 8 heteroatoms. The van der Waals surface area contributed by atoms with Crippen molar-refractivity contribution in [2.24, 2.45) is 5.92 Å². The van der Waals surface area contributed by atoms with E-state index in [0.29, 0.717) is 45.6 Å². The van der Waals surface area contributed by atoms with Crippen molar-refractivity contribution < 1.29 is 18.3 Å². The number of hydrogen-bond acceptors (Lipinski definition) is 5. The van der Waals surface area contributed by atoms with Crippen molar-refractivity contribution in [3.05, 3.63) is 24.0 Å². The summed E-state index contributed by atoms with van der Waals surface area (Å²) in [5, 5.41) is 3.54. The summed E-state index contributed by atoms with van der Waals surface area (Å²) in [6.45, 7) is 2.13. The van der Waals surface area contributed by atoms with Gasteiger partial charge in [0.05, 0.1) is 29.3 Å². The van der Waals surface area contributed by atoms with E-state index in [-0.39, 0.29) is 24.2 Å². The molecule has 3 heterocycles. The molecule has 2 aliphatic rings. The van der Waals surface area contributed by atoms with Crippen LogP contribution in [0.3, 0.4) is 0 Å². The molecule has 1 N–H and O–H groups in total. The Kier molecular flexibility index (Phi) is 4.79. The van der Waals surface area contributed by atoms with Crippen molar-refractivity contribution >= 4 is 32.6 Å². The Balaban J connectivity index is 1.34. The van der Waals surface area contributed by atoms with Crippen LogP contribution in [0.15, 0.2) is 18.2 Å². The minimum Gasteiger partial charge on any atom is -0.381 e. The Morgan fingerprint density at radius 2 is 2.23 bits per heavy atom. The fraction of sp³-hybridized carbons (Fsp3) is 0.556. The van der Waals surface area contributed by atoms with Gasteiger partial charge in [0.25, 0.3) is 0 Å². The number of fused-ring (bicyclic) bond motifs is 1. The van der Waals surface area contributed by atoms with E-state index in [2.05, 4.69) is 10.3 Å². The molecule has 0 radical (unpaired) electrons. The number of amides is 1. The maximum atomic E-state index is 15.0. The number of hydrogen-bond donors (Lipinski definition) is 1. The summed E-state index contributed by atoms with van der Waals surface area (Å²) in [6, 6.07) is 4.53.